The lowest BCUT2D eigenvalue weighted by atomic mass is 10.1. The fourth-order valence-electron chi connectivity index (χ4n) is 1.74. The van der Waals surface area contributed by atoms with Crippen molar-refractivity contribution in [1.82, 2.24) is 5.32 Å². The molecule has 3 nitrogen and oxygen atoms in total. The van der Waals surface area contributed by atoms with Crippen molar-refractivity contribution < 1.29 is 9.52 Å². The van der Waals surface area contributed by atoms with Gasteiger partial charge in [0.1, 0.15) is 11.9 Å². The van der Waals surface area contributed by atoms with Gasteiger partial charge in [-0.3, -0.25) is 0 Å². The summed E-state index contributed by atoms with van der Waals surface area (Å²) in [6.45, 7) is 2.48. The number of aliphatic hydroxyl groups excluding tert-OH is 1. The molecule has 4 heteroatoms. The molecule has 96 valence electrons. The summed E-state index contributed by atoms with van der Waals surface area (Å²) in [7, 11) is 0. The Morgan fingerprint density at radius 2 is 2.00 bits per heavy atom. The summed E-state index contributed by atoms with van der Waals surface area (Å²) >= 11 is 5.84. The maximum atomic E-state index is 9.87. The predicted octanol–water partition coefficient (Wildman–Crippen LogP) is 3.32. The number of halogens is 1. The molecule has 0 aliphatic carbocycles. The Hall–Kier alpha value is -1.29. The number of hydrogen-bond donors (Lipinski definition) is 2. The number of nitrogens with one attached hydrogen (secondary N) is 1. The molecule has 0 bridgehead atoms. The third kappa shape index (κ3) is 3.35. The van der Waals surface area contributed by atoms with Crippen LogP contribution in [0.4, 0.5) is 0 Å². The maximum Gasteiger partial charge on any atom is 0.133 e. The van der Waals surface area contributed by atoms with Gasteiger partial charge in [0.15, 0.2) is 0 Å². The van der Waals surface area contributed by atoms with Gasteiger partial charge in [-0.15, -0.1) is 0 Å². The molecule has 1 aromatic heterocycles. The molecule has 0 aliphatic heterocycles. The quantitative estimate of drug-likeness (QED) is 0.872. The second-order valence-corrected chi connectivity index (χ2v) is 4.65. The highest BCUT2D eigenvalue weighted by Gasteiger charge is 2.12. The molecule has 0 radical (unpaired) electrons. The van der Waals surface area contributed by atoms with E-state index in [0.29, 0.717) is 12.3 Å². The van der Waals surface area contributed by atoms with Crippen molar-refractivity contribution in [2.24, 2.45) is 0 Å². The van der Waals surface area contributed by atoms with E-state index in [1.165, 1.54) is 0 Å². The second kappa shape index (κ2) is 6.05. The SMILES string of the molecule is C[C@H](NCC(O)c1ccco1)c1ccc(Cl)cc1. The van der Waals surface area contributed by atoms with Crippen LogP contribution in [0.15, 0.2) is 47.1 Å². The minimum atomic E-state index is -0.630. The molecule has 18 heavy (non-hydrogen) atoms. The molecule has 2 N–H and O–H groups in total. The van der Waals surface area contributed by atoms with E-state index in [4.69, 9.17) is 16.0 Å². The first kappa shape index (κ1) is 13.1. The zero-order valence-corrected chi connectivity index (χ0v) is 10.9. The lowest BCUT2D eigenvalue weighted by molar-refractivity contribution is 0.144. The van der Waals surface area contributed by atoms with Gasteiger partial charge in [0, 0.05) is 17.6 Å². The minimum absolute atomic E-state index is 0.145. The van der Waals surface area contributed by atoms with Gasteiger partial charge in [-0.05, 0) is 36.8 Å². The first-order chi connectivity index (χ1) is 8.66. The van der Waals surface area contributed by atoms with Crippen LogP contribution in [-0.4, -0.2) is 11.7 Å². The van der Waals surface area contributed by atoms with Crippen molar-refractivity contribution in [2.75, 3.05) is 6.54 Å². The summed E-state index contributed by atoms with van der Waals surface area (Å²) < 4.78 is 5.14. The van der Waals surface area contributed by atoms with Crippen LogP contribution < -0.4 is 5.32 Å². The highest BCUT2D eigenvalue weighted by molar-refractivity contribution is 6.30. The van der Waals surface area contributed by atoms with Gasteiger partial charge in [0.05, 0.1) is 6.26 Å². The Morgan fingerprint density at radius 1 is 1.28 bits per heavy atom. The average molecular weight is 266 g/mol. The van der Waals surface area contributed by atoms with Gasteiger partial charge < -0.3 is 14.8 Å². The van der Waals surface area contributed by atoms with Crippen molar-refractivity contribution >= 4 is 11.6 Å². The summed E-state index contributed by atoms with van der Waals surface area (Å²) in [4.78, 5) is 0. The molecular formula is C14H16ClNO2. The lowest BCUT2D eigenvalue weighted by Gasteiger charge is -2.16. The summed E-state index contributed by atoms with van der Waals surface area (Å²) in [5, 5.41) is 13.8. The van der Waals surface area contributed by atoms with Crippen molar-refractivity contribution in [3.8, 4) is 0 Å². The number of benzene rings is 1. The van der Waals surface area contributed by atoms with Crippen LogP contribution in [0, 0.1) is 0 Å². The van der Waals surface area contributed by atoms with E-state index >= 15 is 0 Å². The first-order valence-electron chi connectivity index (χ1n) is 5.87. The van der Waals surface area contributed by atoms with Crippen LogP contribution >= 0.6 is 11.6 Å². The first-order valence-corrected chi connectivity index (χ1v) is 6.25. The molecule has 0 saturated carbocycles. The molecule has 0 amide bonds. The normalized spacial score (nSPS) is 14.4. The van der Waals surface area contributed by atoms with Crippen LogP contribution in [0.5, 0.6) is 0 Å². The Kier molecular flexibility index (Phi) is 4.42. The number of furan rings is 1. The Bertz CT molecular complexity index is 467. The van der Waals surface area contributed by atoms with Crippen molar-refractivity contribution in [2.45, 2.75) is 19.1 Å². The van der Waals surface area contributed by atoms with Gasteiger partial charge in [0.2, 0.25) is 0 Å². The molecule has 0 fully saturated rings. The van der Waals surface area contributed by atoms with Crippen LogP contribution in [0.1, 0.15) is 30.4 Å². The standard InChI is InChI=1S/C14H16ClNO2/c1-10(11-4-6-12(15)7-5-11)16-9-13(17)14-3-2-8-18-14/h2-8,10,13,16-17H,9H2,1H3/t10-,13?/m0/s1. The molecule has 2 atom stereocenters. The van der Waals surface area contributed by atoms with Crippen LogP contribution in [0.2, 0.25) is 5.02 Å². The van der Waals surface area contributed by atoms with E-state index in [1.807, 2.05) is 31.2 Å². The average Bonchev–Trinajstić information content (AvgIpc) is 2.90. The summed E-state index contributed by atoms with van der Waals surface area (Å²) in [6, 6.07) is 11.3. The van der Waals surface area contributed by atoms with Gasteiger partial charge in [-0.2, -0.15) is 0 Å². The predicted molar refractivity (Wildman–Crippen MR) is 71.5 cm³/mol. The van der Waals surface area contributed by atoms with E-state index < -0.39 is 6.10 Å². The van der Waals surface area contributed by atoms with Gasteiger partial charge in [-0.1, -0.05) is 23.7 Å². The van der Waals surface area contributed by atoms with Gasteiger partial charge in [-0.25, -0.2) is 0 Å². The number of rotatable bonds is 5. The molecule has 1 aromatic carbocycles. The van der Waals surface area contributed by atoms with E-state index in [-0.39, 0.29) is 6.04 Å². The zero-order valence-electron chi connectivity index (χ0n) is 10.1. The molecule has 2 aromatic rings. The van der Waals surface area contributed by atoms with Crippen molar-refractivity contribution in [3.63, 3.8) is 0 Å². The summed E-state index contributed by atoms with van der Waals surface area (Å²) in [5.41, 5.74) is 1.13. The third-order valence-corrected chi connectivity index (χ3v) is 3.11. The minimum Gasteiger partial charge on any atom is -0.467 e. The fraction of sp³-hybridized carbons (Fsp3) is 0.286. The Balaban J connectivity index is 1.88. The smallest absolute Gasteiger partial charge is 0.133 e. The monoisotopic (exact) mass is 265 g/mol. The summed E-state index contributed by atoms with van der Waals surface area (Å²) in [6.07, 6.45) is 0.927. The van der Waals surface area contributed by atoms with Crippen LogP contribution in [0.3, 0.4) is 0 Å². The van der Waals surface area contributed by atoms with Crippen molar-refractivity contribution in [1.29, 1.82) is 0 Å². The van der Waals surface area contributed by atoms with E-state index in [0.717, 1.165) is 10.6 Å². The number of aliphatic hydroxyl groups is 1. The van der Waals surface area contributed by atoms with Gasteiger partial charge >= 0.3 is 0 Å². The van der Waals surface area contributed by atoms with Crippen LogP contribution in [-0.2, 0) is 0 Å². The van der Waals surface area contributed by atoms with E-state index in [2.05, 4.69) is 5.32 Å². The number of hydrogen-bond acceptors (Lipinski definition) is 3. The summed E-state index contributed by atoms with van der Waals surface area (Å²) in [5.74, 6) is 0.575. The molecule has 0 aliphatic rings. The topological polar surface area (TPSA) is 45.4 Å². The zero-order chi connectivity index (χ0) is 13.0. The lowest BCUT2D eigenvalue weighted by Crippen LogP contribution is -2.24. The van der Waals surface area contributed by atoms with E-state index in [1.54, 1.807) is 18.4 Å². The molecular weight excluding hydrogens is 250 g/mol. The highest BCUT2D eigenvalue weighted by atomic mass is 35.5. The molecule has 2 rings (SSSR count). The highest BCUT2D eigenvalue weighted by Crippen LogP contribution is 2.17. The maximum absolute atomic E-state index is 9.87. The Morgan fingerprint density at radius 3 is 2.61 bits per heavy atom. The molecule has 1 unspecified atom stereocenters. The van der Waals surface area contributed by atoms with Gasteiger partial charge in [0.25, 0.3) is 0 Å². The van der Waals surface area contributed by atoms with Crippen LogP contribution in [0.25, 0.3) is 0 Å². The second-order valence-electron chi connectivity index (χ2n) is 4.21. The Labute approximate surface area is 111 Å². The molecule has 0 saturated heterocycles. The fourth-order valence-corrected chi connectivity index (χ4v) is 1.87. The molecule has 1 heterocycles. The molecule has 0 spiro atoms. The van der Waals surface area contributed by atoms with Crippen molar-refractivity contribution in [3.05, 3.63) is 59.0 Å². The third-order valence-electron chi connectivity index (χ3n) is 2.86. The largest absolute Gasteiger partial charge is 0.467 e. The van der Waals surface area contributed by atoms with E-state index in [9.17, 15) is 5.11 Å².